The molecule has 0 unspecified atom stereocenters. The molecule has 2 N–H and O–H groups in total. The quantitative estimate of drug-likeness (QED) is 0.806. The molecule has 0 aromatic heterocycles. The molecule has 1 aliphatic rings. The van der Waals surface area contributed by atoms with E-state index < -0.39 is 17.7 Å². The van der Waals surface area contributed by atoms with Crippen LogP contribution in [0.3, 0.4) is 0 Å². The van der Waals surface area contributed by atoms with Gasteiger partial charge in [-0.05, 0) is 12.1 Å². The summed E-state index contributed by atoms with van der Waals surface area (Å²) >= 11 is 0. The molecule has 116 valence electrons. The average molecular weight is 296 g/mol. The summed E-state index contributed by atoms with van der Waals surface area (Å²) in [4.78, 5) is 10.9. The van der Waals surface area contributed by atoms with Crippen molar-refractivity contribution in [3.05, 3.63) is 23.3 Å². The monoisotopic (exact) mass is 296 g/mol. The lowest BCUT2D eigenvalue weighted by molar-refractivity contribution is -0.151. The summed E-state index contributed by atoms with van der Waals surface area (Å²) < 4.78 is 15.5. The third-order valence-electron chi connectivity index (χ3n) is 3.67. The molecule has 1 aromatic carbocycles. The maximum Gasteiger partial charge on any atom is 0.302 e. The number of ether oxygens (including phenoxy) is 3. The van der Waals surface area contributed by atoms with Crippen molar-refractivity contribution in [2.75, 3.05) is 20.8 Å². The second-order valence-corrected chi connectivity index (χ2v) is 5.26. The molecular weight excluding hydrogens is 276 g/mol. The van der Waals surface area contributed by atoms with Crippen molar-refractivity contribution in [2.45, 2.75) is 31.5 Å². The third kappa shape index (κ3) is 3.11. The van der Waals surface area contributed by atoms with E-state index in [9.17, 15) is 15.0 Å². The molecule has 2 rings (SSSR count). The Morgan fingerprint density at radius 2 is 1.95 bits per heavy atom. The normalized spacial score (nSPS) is 24.1. The van der Waals surface area contributed by atoms with Crippen molar-refractivity contribution >= 4 is 5.97 Å². The molecule has 0 saturated carbocycles. The summed E-state index contributed by atoms with van der Waals surface area (Å²) in [5, 5.41) is 20.9. The fourth-order valence-corrected chi connectivity index (χ4v) is 2.75. The lowest BCUT2D eigenvalue weighted by Gasteiger charge is -2.36. The van der Waals surface area contributed by atoms with E-state index in [2.05, 4.69) is 0 Å². The molecule has 0 aliphatic heterocycles. The Labute approximate surface area is 123 Å². The molecule has 0 heterocycles. The van der Waals surface area contributed by atoms with Crippen LogP contribution in [-0.2, 0) is 16.0 Å². The van der Waals surface area contributed by atoms with Gasteiger partial charge in [0.1, 0.15) is 23.7 Å². The van der Waals surface area contributed by atoms with Gasteiger partial charge in [0.25, 0.3) is 0 Å². The Morgan fingerprint density at radius 1 is 1.33 bits per heavy atom. The molecule has 2 atom stereocenters. The second kappa shape index (κ2) is 5.91. The molecule has 0 radical (unpaired) electrons. The van der Waals surface area contributed by atoms with Crippen molar-refractivity contribution < 1.29 is 29.2 Å². The van der Waals surface area contributed by atoms with Crippen LogP contribution in [-0.4, -0.2) is 42.6 Å². The van der Waals surface area contributed by atoms with E-state index >= 15 is 0 Å². The summed E-state index contributed by atoms with van der Waals surface area (Å²) in [5.41, 5.74) is -0.0350. The SMILES string of the molecule is COc1ccc(OC)c2c1C[C@](O)(COC(C)=O)C[C@H]2O. The Hall–Kier alpha value is -1.79. The van der Waals surface area contributed by atoms with Gasteiger partial charge in [0.2, 0.25) is 0 Å². The van der Waals surface area contributed by atoms with Crippen LogP contribution in [0.2, 0.25) is 0 Å². The highest BCUT2D eigenvalue weighted by atomic mass is 16.5. The zero-order chi connectivity index (χ0) is 15.6. The number of aliphatic hydroxyl groups is 2. The number of carbonyl (C=O) groups excluding carboxylic acids is 1. The highest BCUT2D eigenvalue weighted by Crippen LogP contribution is 2.44. The van der Waals surface area contributed by atoms with Gasteiger partial charge in [0.05, 0.1) is 20.3 Å². The minimum Gasteiger partial charge on any atom is -0.496 e. The van der Waals surface area contributed by atoms with E-state index in [4.69, 9.17) is 14.2 Å². The van der Waals surface area contributed by atoms with Crippen LogP contribution >= 0.6 is 0 Å². The number of hydrogen-bond donors (Lipinski definition) is 2. The van der Waals surface area contributed by atoms with E-state index in [-0.39, 0.29) is 19.4 Å². The zero-order valence-corrected chi connectivity index (χ0v) is 12.4. The third-order valence-corrected chi connectivity index (χ3v) is 3.67. The lowest BCUT2D eigenvalue weighted by Crippen LogP contribution is -2.42. The van der Waals surface area contributed by atoms with Crippen LogP contribution in [0.25, 0.3) is 0 Å². The highest BCUT2D eigenvalue weighted by molar-refractivity contribution is 5.66. The van der Waals surface area contributed by atoms with Crippen molar-refractivity contribution in [2.24, 2.45) is 0 Å². The molecule has 6 nitrogen and oxygen atoms in total. The fraction of sp³-hybridized carbons (Fsp3) is 0.533. The Bertz CT molecular complexity index is 541. The minimum atomic E-state index is -1.32. The van der Waals surface area contributed by atoms with Crippen LogP contribution in [0.4, 0.5) is 0 Å². The van der Waals surface area contributed by atoms with Crippen molar-refractivity contribution in [1.82, 2.24) is 0 Å². The summed E-state index contributed by atoms with van der Waals surface area (Å²) in [6, 6.07) is 3.44. The number of carbonyl (C=O) groups is 1. The number of fused-ring (bicyclic) bond motifs is 1. The van der Waals surface area contributed by atoms with Gasteiger partial charge in [-0.2, -0.15) is 0 Å². The van der Waals surface area contributed by atoms with Gasteiger partial charge in [-0.25, -0.2) is 0 Å². The molecule has 0 bridgehead atoms. The number of aliphatic hydroxyl groups excluding tert-OH is 1. The Kier molecular flexibility index (Phi) is 4.39. The number of rotatable bonds is 4. The van der Waals surface area contributed by atoms with Crippen LogP contribution in [0.5, 0.6) is 11.5 Å². The lowest BCUT2D eigenvalue weighted by atomic mass is 9.78. The van der Waals surface area contributed by atoms with Crippen LogP contribution in [0.15, 0.2) is 12.1 Å². The van der Waals surface area contributed by atoms with Crippen LogP contribution < -0.4 is 9.47 Å². The second-order valence-electron chi connectivity index (χ2n) is 5.26. The number of hydrogen-bond acceptors (Lipinski definition) is 6. The predicted molar refractivity (Wildman–Crippen MR) is 74.4 cm³/mol. The molecule has 0 saturated heterocycles. The van der Waals surface area contributed by atoms with Gasteiger partial charge < -0.3 is 24.4 Å². The van der Waals surface area contributed by atoms with E-state index in [0.717, 1.165) is 0 Å². The fourth-order valence-electron chi connectivity index (χ4n) is 2.75. The van der Waals surface area contributed by atoms with Crippen molar-refractivity contribution in [3.8, 4) is 11.5 Å². The Balaban J connectivity index is 2.39. The molecule has 1 aromatic rings. The summed E-state index contributed by atoms with van der Waals surface area (Å²) in [7, 11) is 3.04. The summed E-state index contributed by atoms with van der Waals surface area (Å²) in [6.07, 6.45) is -0.636. The molecular formula is C15H20O6. The first-order valence-electron chi connectivity index (χ1n) is 6.68. The standard InChI is InChI=1S/C15H20O6/c1-9(16)21-8-15(18)6-10-12(19-2)4-5-13(20-3)14(10)11(17)7-15/h4-5,11,17-18H,6-8H2,1-3H3/t11-,15-/m1/s1. The molecule has 0 fully saturated rings. The van der Waals surface area contributed by atoms with E-state index in [1.165, 1.54) is 21.1 Å². The Morgan fingerprint density at radius 3 is 2.52 bits per heavy atom. The highest BCUT2D eigenvalue weighted by Gasteiger charge is 2.41. The van der Waals surface area contributed by atoms with Crippen molar-refractivity contribution in [1.29, 1.82) is 0 Å². The first kappa shape index (κ1) is 15.6. The maximum absolute atomic E-state index is 10.9. The van der Waals surface area contributed by atoms with Gasteiger partial charge in [0.15, 0.2) is 0 Å². The van der Waals surface area contributed by atoms with Gasteiger partial charge in [-0.15, -0.1) is 0 Å². The first-order valence-corrected chi connectivity index (χ1v) is 6.68. The number of methoxy groups -OCH3 is 2. The first-order chi connectivity index (χ1) is 9.90. The number of benzene rings is 1. The smallest absolute Gasteiger partial charge is 0.302 e. The average Bonchev–Trinajstić information content (AvgIpc) is 2.44. The van der Waals surface area contributed by atoms with E-state index in [0.29, 0.717) is 22.6 Å². The molecule has 0 amide bonds. The van der Waals surface area contributed by atoms with Gasteiger partial charge >= 0.3 is 5.97 Å². The van der Waals surface area contributed by atoms with E-state index in [1.54, 1.807) is 12.1 Å². The molecule has 1 aliphatic carbocycles. The largest absolute Gasteiger partial charge is 0.496 e. The van der Waals surface area contributed by atoms with Gasteiger partial charge in [0, 0.05) is 30.9 Å². The van der Waals surface area contributed by atoms with Gasteiger partial charge in [-0.3, -0.25) is 4.79 Å². The van der Waals surface area contributed by atoms with Gasteiger partial charge in [-0.1, -0.05) is 0 Å². The van der Waals surface area contributed by atoms with Crippen LogP contribution in [0.1, 0.15) is 30.6 Å². The maximum atomic E-state index is 10.9. The number of esters is 1. The minimum absolute atomic E-state index is 0.0663. The van der Waals surface area contributed by atoms with E-state index in [1.807, 2.05) is 0 Å². The van der Waals surface area contributed by atoms with Crippen molar-refractivity contribution in [3.63, 3.8) is 0 Å². The van der Waals surface area contributed by atoms with Crippen LogP contribution in [0, 0.1) is 0 Å². The summed E-state index contributed by atoms with van der Waals surface area (Å²) in [6.45, 7) is 1.11. The zero-order valence-electron chi connectivity index (χ0n) is 12.4. The molecule has 0 spiro atoms. The predicted octanol–water partition coefficient (Wildman–Crippen LogP) is 0.978. The molecule has 21 heavy (non-hydrogen) atoms. The summed E-state index contributed by atoms with van der Waals surface area (Å²) in [5.74, 6) is 0.639. The molecule has 6 heteroatoms. The topological polar surface area (TPSA) is 85.2 Å².